The molecule has 0 bridgehead atoms. The van der Waals surface area contributed by atoms with Crippen molar-refractivity contribution in [2.45, 2.75) is 77.0 Å². The zero-order chi connectivity index (χ0) is 11.1. The quantitative estimate of drug-likeness (QED) is 0.668. The van der Waals surface area contributed by atoms with Gasteiger partial charge in [0.25, 0.3) is 0 Å². The highest BCUT2D eigenvalue weighted by molar-refractivity contribution is 5.01. The standard InChI is InChI=1S/C13H25NO/c1-12(2,3)11-10(14)9-13(15-11)7-5-4-6-8-13/h10-11H,4-9,14H2,1-3H3. The van der Waals surface area contributed by atoms with Crippen LogP contribution in [0.25, 0.3) is 0 Å². The largest absolute Gasteiger partial charge is 0.370 e. The van der Waals surface area contributed by atoms with Gasteiger partial charge in [0, 0.05) is 6.04 Å². The summed E-state index contributed by atoms with van der Waals surface area (Å²) in [4.78, 5) is 0. The summed E-state index contributed by atoms with van der Waals surface area (Å²) in [7, 11) is 0. The summed E-state index contributed by atoms with van der Waals surface area (Å²) in [6.45, 7) is 6.71. The highest BCUT2D eigenvalue weighted by atomic mass is 16.5. The van der Waals surface area contributed by atoms with Crippen molar-refractivity contribution in [3.8, 4) is 0 Å². The van der Waals surface area contributed by atoms with Crippen LogP contribution in [-0.4, -0.2) is 17.7 Å². The molecule has 1 heterocycles. The second kappa shape index (κ2) is 3.74. The van der Waals surface area contributed by atoms with Crippen molar-refractivity contribution in [1.82, 2.24) is 0 Å². The van der Waals surface area contributed by atoms with Gasteiger partial charge in [-0.3, -0.25) is 0 Å². The van der Waals surface area contributed by atoms with E-state index in [1.54, 1.807) is 0 Å². The van der Waals surface area contributed by atoms with Crippen LogP contribution in [0.2, 0.25) is 0 Å². The highest BCUT2D eigenvalue weighted by Crippen LogP contribution is 2.45. The molecule has 88 valence electrons. The predicted molar refractivity (Wildman–Crippen MR) is 62.7 cm³/mol. The van der Waals surface area contributed by atoms with Gasteiger partial charge in [0.2, 0.25) is 0 Å². The Bertz CT molecular complexity index is 225. The van der Waals surface area contributed by atoms with Crippen LogP contribution in [0.4, 0.5) is 0 Å². The summed E-state index contributed by atoms with van der Waals surface area (Å²) in [5.74, 6) is 0. The molecule has 1 aliphatic carbocycles. The second-order valence-electron chi connectivity index (χ2n) is 6.52. The van der Waals surface area contributed by atoms with Crippen LogP contribution < -0.4 is 5.73 Å². The molecule has 1 saturated carbocycles. The van der Waals surface area contributed by atoms with Crippen LogP contribution in [-0.2, 0) is 4.74 Å². The molecule has 15 heavy (non-hydrogen) atoms. The lowest BCUT2D eigenvalue weighted by Crippen LogP contribution is -2.40. The average molecular weight is 211 g/mol. The van der Waals surface area contributed by atoms with E-state index in [0.29, 0.717) is 0 Å². The van der Waals surface area contributed by atoms with Crippen molar-refractivity contribution < 1.29 is 4.74 Å². The summed E-state index contributed by atoms with van der Waals surface area (Å²) in [6.07, 6.45) is 7.80. The monoisotopic (exact) mass is 211 g/mol. The van der Waals surface area contributed by atoms with Gasteiger partial charge in [-0.05, 0) is 24.7 Å². The molecule has 0 aromatic rings. The molecular weight excluding hydrogens is 186 g/mol. The summed E-state index contributed by atoms with van der Waals surface area (Å²) in [6, 6.07) is 0.239. The number of ether oxygens (including phenoxy) is 1. The van der Waals surface area contributed by atoms with Crippen LogP contribution in [0.5, 0.6) is 0 Å². The fourth-order valence-electron chi connectivity index (χ4n) is 3.28. The minimum Gasteiger partial charge on any atom is -0.370 e. The van der Waals surface area contributed by atoms with E-state index in [-0.39, 0.29) is 23.2 Å². The first-order chi connectivity index (χ1) is 6.93. The number of hydrogen-bond acceptors (Lipinski definition) is 2. The third-order valence-corrected chi connectivity index (χ3v) is 3.99. The van der Waals surface area contributed by atoms with E-state index in [0.717, 1.165) is 6.42 Å². The Hall–Kier alpha value is -0.0800. The maximum atomic E-state index is 6.34. The fourth-order valence-corrected chi connectivity index (χ4v) is 3.28. The van der Waals surface area contributed by atoms with Gasteiger partial charge in [-0.1, -0.05) is 40.0 Å². The lowest BCUT2D eigenvalue weighted by Gasteiger charge is -2.36. The number of rotatable bonds is 0. The first-order valence-corrected chi connectivity index (χ1v) is 6.36. The van der Waals surface area contributed by atoms with E-state index >= 15 is 0 Å². The predicted octanol–water partition coefficient (Wildman–Crippen LogP) is 2.85. The van der Waals surface area contributed by atoms with Gasteiger partial charge in [-0.25, -0.2) is 0 Å². The molecule has 1 aliphatic heterocycles. The smallest absolute Gasteiger partial charge is 0.0782 e. The fraction of sp³-hybridized carbons (Fsp3) is 1.00. The Morgan fingerprint density at radius 1 is 1.13 bits per heavy atom. The van der Waals surface area contributed by atoms with Gasteiger partial charge in [0.1, 0.15) is 0 Å². The summed E-state index contributed by atoms with van der Waals surface area (Å²) >= 11 is 0. The molecule has 0 radical (unpaired) electrons. The molecule has 2 N–H and O–H groups in total. The van der Waals surface area contributed by atoms with Gasteiger partial charge in [0.15, 0.2) is 0 Å². The molecule has 0 amide bonds. The Kier molecular flexibility index (Phi) is 2.85. The molecule has 2 rings (SSSR count). The van der Waals surface area contributed by atoms with Crippen LogP contribution in [0, 0.1) is 5.41 Å². The topological polar surface area (TPSA) is 35.2 Å². The van der Waals surface area contributed by atoms with Crippen molar-refractivity contribution in [3.63, 3.8) is 0 Å². The Morgan fingerprint density at radius 3 is 2.20 bits per heavy atom. The summed E-state index contributed by atoms with van der Waals surface area (Å²) < 4.78 is 6.34. The first kappa shape index (κ1) is 11.4. The van der Waals surface area contributed by atoms with Gasteiger partial charge in [-0.2, -0.15) is 0 Å². The average Bonchev–Trinajstić information content (AvgIpc) is 2.44. The minimum absolute atomic E-state index is 0.148. The third kappa shape index (κ3) is 2.21. The van der Waals surface area contributed by atoms with E-state index < -0.39 is 0 Å². The Morgan fingerprint density at radius 2 is 1.73 bits per heavy atom. The summed E-state index contributed by atoms with van der Waals surface area (Å²) in [5.41, 5.74) is 6.57. The zero-order valence-electron chi connectivity index (χ0n) is 10.4. The lowest BCUT2D eigenvalue weighted by atomic mass is 9.80. The zero-order valence-corrected chi connectivity index (χ0v) is 10.4. The van der Waals surface area contributed by atoms with E-state index in [1.165, 1.54) is 32.1 Å². The lowest BCUT2D eigenvalue weighted by molar-refractivity contribution is -0.0986. The maximum absolute atomic E-state index is 6.34. The van der Waals surface area contributed by atoms with Crippen molar-refractivity contribution in [2.75, 3.05) is 0 Å². The van der Waals surface area contributed by atoms with E-state index in [4.69, 9.17) is 10.5 Å². The van der Waals surface area contributed by atoms with Gasteiger partial charge in [0.05, 0.1) is 11.7 Å². The molecule has 2 atom stereocenters. The SMILES string of the molecule is CC(C)(C)C1OC2(CCCCC2)CC1N. The molecule has 2 aliphatic rings. The molecule has 2 nitrogen and oxygen atoms in total. The van der Waals surface area contributed by atoms with E-state index in [2.05, 4.69) is 20.8 Å². The first-order valence-electron chi connectivity index (χ1n) is 6.36. The normalized spacial score (nSPS) is 36.0. The third-order valence-electron chi connectivity index (χ3n) is 3.99. The molecular formula is C13H25NO. The van der Waals surface area contributed by atoms with Gasteiger partial charge >= 0.3 is 0 Å². The highest BCUT2D eigenvalue weighted by Gasteiger charge is 2.48. The van der Waals surface area contributed by atoms with Crippen molar-refractivity contribution in [3.05, 3.63) is 0 Å². The summed E-state index contributed by atoms with van der Waals surface area (Å²) in [5, 5.41) is 0. The van der Waals surface area contributed by atoms with Crippen LogP contribution in [0.15, 0.2) is 0 Å². The Labute approximate surface area is 93.6 Å². The molecule has 0 aromatic heterocycles. The molecule has 1 saturated heterocycles. The molecule has 2 heteroatoms. The Balaban J connectivity index is 2.08. The molecule has 0 aromatic carbocycles. The van der Waals surface area contributed by atoms with Gasteiger partial charge < -0.3 is 10.5 Å². The van der Waals surface area contributed by atoms with Crippen molar-refractivity contribution in [2.24, 2.45) is 11.1 Å². The van der Waals surface area contributed by atoms with Crippen molar-refractivity contribution >= 4 is 0 Å². The van der Waals surface area contributed by atoms with Crippen molar-refractivity contribution in [1.29, 1.82) is 0 Å². The molecule has 2 fully saturated rings. The molecule has 2 unspecified atom stereocenters. The van der Waals surface area contributed by atoms with Crippen LogP contribution >= 0.6 is 0 Å². The maximum Gasteiger partial charge on any atom is 0.0782 e. The second-order valence-corrected chi connectivity index (χ2v) is 6.52. The molecule has 1 spiro atoms. The van der Waals surface area contributed by atoms with Gasteiger partial charge in [-0.15, -0.1) is 0 Å². The number of nitrogens with two attached hydrogens (primary N) is 1. The minimum atomic E-state index is 0.148. The van der Waals surface area contributed by atoms with E-state index in [9.17, 15) is 0 Å². The van der Waals surface area contributed by atoms with Crippen LogP contribution in [0.1, 0.15) is 59.3 Å². The van der Waals surface area contributed by atoms with Crippen LogP contribution in [0.3, 0.4) is 0 Å². The number of hydrogen-bond donors (Lipinski definition) is 1. The van der Waals surface area contributed by atoms with E-state index in [1.807, 2.05) is 0 Å².